The van der Waals surface area contributed by atoms with E-state index in [1.54, 1.807) is 16.8 Å². The van der Waals surface area contributed by atoms with E-state index in [2.05, 4.69) is 25.4 Å². The summed E-state index contributed by atoms with van der Waals surface area (Å²) in [4.78, 5) is 6.43. The van der Waals surface area contributed by atoms with Crippen molar-refractivity contribution in [3.8, 4) is 11.6 Å². The second-order valence-electron chi connectivity index (χ2n) is 6.96. The minimum Gasteiger partial charge on any atom is -0.435 e. The first-order valence-corrected chi connectivity index (χ1v) is 9.14. The van der Waals surface area contributed by atoms with Gasteiger partial charge < -0.3 is 25.1 Å². The lowest BCUT2D eigenvalue weighted by Crippen LogP contribution is -2.43. The highest BCUT2D eigenvalue weighted by molar-refractivity contribution is 5.97. The molecule has 0 amide bonds. The summed E-state index contributed by atoms with van der Waals surface area (Å²) in [5.74, 6) is 0.177. The van der Waals surface area contributed by atoms with E-state index in [4.69, 9.17) is 10.5 Å². The van der Waals surface area contributed by atoms with Crippen molar-refractivity contribution < 1.29 is 9.13 Å². The molecule has 28 heavy (non-hydrogen) atoms. The summed E-state index contributed by atoms with van der Waals surface area (Å²) < 4.78 is 21.8. The number of H-pyrrole nitrogens is 1. The van der Waals surface area contributed by atoms with Crippen molar-refractivity contribution in [1.29, 1.82) is 0 Å². The van der Waals surface area contributed by atoms with Crippen LogP contribution in [-0.2, 0) is 0 Å². The molecular weight excluding hydrogens is 361 g/mol. The molecule has 4 aromatic rings. The molecule has 1 aromatic carbocycles. The Labute approximate surface area is 160 Å². The van der Waals surface area contributed by atoms with Crippen molar-refractivity contribution >= 4 is 27.9 Å². The summed E-state index contributed by atoms with van der Waals surface area (Å²) in [5, 5.41) is 11.2. The van der Waals surface area contributed by atoms with Crippen molar-refractivity contribution in [3.63, 3.8) is 0 Å². The molecule has 1 fully saturated rings. The Morgan fingerprint density at radius 2 is 2.00 bits per heavy atom. The number of fused-ring (bicyclic) bond motifs is 2. The minimum atomic E-state index is -0.459. The Morgan fingerprint density at radius 3 is 2.82 bits per heavy atom. The number of hydrogen-bond acceptors (Lipinski definition) is 6. The van der Waals surface area contributed by atoms with Crippen LogP contribution in [0.15, 0.2) is 30.6 Å². The van der Waals surface area contributed by atoms with Gasteiger partial charge in [0.2, 0.25) is 5.88 Å². The maximum absolute atomic E-state index is 14.3. The van der Waals surface area contributed by atoms with E-state index >= 15 is 0 Å². The number of benzene rings is 1. The van der Waals surface area contributed by atoms with Crippen molar-refractivity contribution in [1.82, 2.24) is 24.9 Å². The van der Waals surface area contributed by atoms with Crippen LogP contribution in [0.4, 0.5) is 15.8 Å². The number of piperazine rings is 1. The molecule has 3 aromatic heterocycles. The normalized spacial score (nSPS) is 14.9. The van der Waals surface area contributed by atoms with Crippen LogP contribution in [-0.4, -0.2) is 45.8 Å². The number of pyridine rings is 1. The minimum absolute atomic E-state index is 0.261. The van der Waals surface area contributed by atoms with Gasteiger partial charge in [-0.25, -0.2) is 9.37 Å². The van der Waals surface area contributed by atoms with Crippen molar-refractivity contribution in [2.24, 2.45) is 0 Å². The van der Waals surface area contributed by atoms with Gasteiger partial charge in [-0.05, 0) is 19.1 Å². The lowest BCUT2D eigenvalue weighted by atomic mass is 10.1. The molecule has 8 nitrogen and oxygen atoms in total. The number of nitrogens with one attached hydrogen (secondary N) is 2. The lowest BCUT2D eigenvalue weighted by Gasteiger charge is -2.29. The molecule has 1 saturated heterocycles. The monoisotopic (exact) mass is 381 g/mol. The fraction of sp³-hybridized carbons (Fsp3) is 0.263. The Bertz CT molecular complexity index is 1180. The van der Waals surface area contributed by atoms with E-state index in [0.717, 1.165) is 43.1 Å². The third-order valence-electron chi connectivity index (χ3n) is 4.94. The molecule has 9 heteroatoms. The number of ether oxygens (including phenoxy) is 1. The molecule has 5 rings (SSSR count). The average molecular weight is 381 g/mol. The molecule has 0 saturated carbocycles. The van der Waals surface area contributed by atoms with Crippen LogP contribution in [0, 0.1) is 12.7 Å². The van der Waals surface area contributed by atoms with Crippen LogP contribution >= 0.6 is 0 Å². The van der Waals surface area contributed by atoms with Gasteiger partial charge >= 0.3 is 0 Å². The summed E-state index contributed by atoms with van der Waals surface area (Å²) in [7, 11) is 0. The van der Waals surface area contributed by atoms with E-state index in [9.17, 15) is 4.39 Å². The fourth-order valence-corrected chi connectivity index (χ4v) is 3.64. The second-order valence-corrected chi connectivity index (χ2v) is 6.96. The first-order chi connectivity index (χ1) is 13.6. The first kappa shape index (κ1) is 16.8. The fourth-order valence-electron chi connectivity index (χ4n) is 3.64. The number of anilines is 2. The molecule has 0 bridgehead atoms. The quantitative estimate of drug-likeness (QED) is 0.472. The van der Waals surface area contributed by atoms with Gasteiger partial charge in [-0.1, -0.05) is 0 Å². The lowest BCUT2D eigenvalue weighted by molar-refractivity contribution is 0.458. The van der Waals surface area contributed by atoms with Gasteiger partial charge in [-0.3, -0.25) is 5.10 Å². The van der Waals surface area contributed by atoms with Gasteiger partial charge in [-0.2, -0.15) is 0 Å². The van der Waals surface area contributed by atoms with Gasteiger partial charge in [0.1, 0.15) is 5.75 Å². The van der Waals surface area contributed by atoms with Crippen LogP contribution in [0.1, 0.15) is 5.69 Å². The van der Waals surface area contributed by atoms with Gasteiger partial charge in [-0.15, -0.1) is 5.10 Å². The van der Waals surface area contributed by atoms with E-state index < -0.39 is 5.82 Å². The molecule has 1 aliphatic rings. The molecular formula is C19H20FN7O. The predicted octanol–water partition coefficient (Wildman–Crippen LogP) is 2.44. The van der Waals surface area contributed by atoms with Crippen LogP contribution in [0.3, 0.4) is 0 Å². The molecule has 0 atom stereocenters. The number of aromatic nitrogens is 4. The first-order valence-electron chi connectivity index (χ1n) is 9.14. The molecule has 0 spiro atoms. The highest BCUT2D eigenvalue weighted by atomic mass is 19.1. The largest absolute Gasteiger partial charge is 0.435 e. The SMILES string of the molecule is Cc1cn2cc(Oc3n[nH]c4cc(N5CCNCC5)cc(N)c34)cc(F)c2n1. The summed E-state index contributed by atoms with van der Waals surface area (Å²) >= 11 is 0. The number of nitrogen functional groups attached to an aromatic ring is 1. The van der Waals surface area contributed by atoms with Gasteiger partial charge in [0.05, 0.1) is 22.8 Å². The van der Waals surface area contributed by atoms with E-state index in [1.165, 1.54) is 6.07 Å². The van der Waals surface area contributed by atoms with E-state index in [-0.39, 0.29) is 5.65 Å². The van der Waals surface area contributed by atoms with Crippen molar-refractivity contribution in [3.05, 3.63) is 42.1 Å². The van der Waals surface area contributed by atoms with E-state index in [1.807, 2.05) is 19.1 Å². The van der Waals surface area contributed by atoms with Gasteiger partial charge in [0, 0.05) is 49.8 Å². The smallest absolute Gasteiger partial charge is 0.248 e. The van der Waals surface area contributed by atoms with Crippen LogP contribution in [0.5, 0.6) is 11.6 Å². The third kappa shape index (κ3) is 2.80. The number of halogens is 1. The highest BCUT2D eigenvalue weighted by Gasteiger charge is 2.17. The second kappa shape index (κ2) is 6.38. The predicted molar refractivity (Wildman–Crippen MR) is 106 cm³/mol. The number of aromatic amines is 1. The van der Waals surface area contributed by atoms with Crippen LogP contribution in [0.2, 0.25) is 0 Å². The molecule has 0 unspecified atom stereocenters. The molecule has 0 aliphatic carbocycles. The summed E-state index contributed by atoms with van der Waals surface area (Å²) in [6, 6.07) is 5.24. The number of nitrogens with zero attached hydrogens (tertiary/aromatic N) is 4. The molecule has 1 aliphatic heterocycles. The summed E-state index contributed by atoms with van der Waals surface area (Å²) in [6.45, 7) is 5.54. The Kier molecular flexibility index (Phi) is 3.83. The van der Waals surface area contributed by atoms with Gasteiger partial charge in [0.15, 0.2) is 11.5 Å². The zero-order chi connectivity index (χ0) is 19.3. The van der Waals surface area contributed by atoms with Crippen molar-refractivity contribution in [2.45, 2.75) is 6.92 Å². The number of aryl methyl sites for hydroxylation is 1. The van der Waals surface area contributed by atoms with Crippen molar-refractivity contribution in [2.75, 3.05) is 36.8 Å². The number of nitrogens with two attached hydrogens (primary N) is 1. The standard InChI is InChI=1S/C19H20FN7O/c1-11-9-27-10-13(8-14(20)18(27)23-11)28-19-17-15(21)6-12(7-16(17)24-25-19)26-4-2-22-3-5-26/h6-10,22H,2-5,21H2,1H3,(H,24,25). The number of hydrogen-bond donors (Lipinski definition) is 3. The highest BCUT2D eigenvalue weighted by Crippen LogP contribution is 2.35. The third-order valence-corrected chi connectivity index (χ3v) is 4.94. The Balaban J connectivity index is 1.51. The maximum Gasteiger partial charge on any atom is 0.248 e. The summed E-state index contributed by atoms with van der Waals surface area (Å²) in [6.07, 6.45) is 3.41. The zero-order valence-corrected chi connectivity index (χ0v) is 15.4. The Hall–Kier alpha value is -3.33. The Morgan fingerprint density at radius 1 is 1.18 bits per heavy atom. The molecule has 0 radical (unpaired) electrons. The number of rotatable bonds is 3. The topological polar surface area (TPSA) is 96.5 Å². The molecule has 4 N–H and O–H groups in total. The average Bonchev–Trinajstić information content (AvgIpc) is 3.26. The van der Waals surface area contributed by atoms with E-state index in [0.29, 0.717) is 22.7 Å². The van der Waals surface area contributed by atoms with Crippen LogP contribution < -0.4 is 20.7 Å². The van der Waals surface area contributed by atoms with Crippen LogP contribution in [0.25, 0.3) is 16.6 Å². The summed E-state index contributed by atoms with van der Waals surface area (Å²) in [5.41, 5.74) is 9.69. The zero-order valence-electron chi connectivity index (χ0n) is 15.4. The maximum atomic E-state index is 14.3. The number of imidazole rings is 1. The molecule has 4 heterocycles. The molecule has 144 valence electrons. The van der Waals surface area contributed by atoms with Gasteiger partial charge in [0.25, 0.3) is 0 Å².